The Morgan fingerprint density at radius 1 is 1.35 bits per heavy atom. The van der Waals surface area contributed by atoms with Crippen molar-refractivity contribution in [3.63, 3.8) is 0 Å². The molecule has 0 unspecified atom stereocenters. The number of hydrogen-bond donors (Lipinski definition) is 1. The number of halogens is 1. The maximum absolute atomic E-state index is 12.5. The minimum atomic E-state index is -3.51. The van der Waals surface area contributed by atoms with Crippen LogP contribution >= 0.6 is 11.6 Å². The van der Waals surface area contributed by atoms with E-state index in [1.165, 1.54) is 23.4 Å². The van der Waals surface area contributed by atoms with Crippen LogP contribution < -0.4 is 5.32 Å². The van der Waals surface area contributed by atoms with Gasteiger partial charge < -0.3 is 5.32 Å². The van der Waals surface area contributed by atoms with E-state index in [-0.39, 0.29) is 22.7 Å². The molecule has 5 nitrogen and oxygen atoms in total. The van der Waals surface area contributed by atoms with Gasteiger partial charge in [0.25, 0.3) is 0 Å². The first kappa shape index (κ1) is 15.3. The van der Waals surface area contributed by atoms with Crippen LogP contribution in [0.3, 0.4) is 0 Å². The summed E-state index contributed by atoms with van der Waals surface area (Å²) in [4.78, 5) is 11.2. The predicted molar refractivity (Wildman–Crippen MR) is 78.4 cm³/mol. The summed E-state index contributed by atoms with van der Waals surface area (Å²) in [5, 5.41) is 2.60. The second kappa shape index (κ2) is 6.11. The van der Waals surface area contributed by atoms with E-state index < -0.39 is 10.0 Å². The number of alkyl halides is 1. The Bertz CT molecular complexity index is 582. The standard InChI is InChI=1S/C13H17ClN2O3S/c1-10(17)15-11-2-6-13(7-3-11)20(18,19)16(9-8-14)12-4-5-12/h2-3,6-7,12H,4-5,8-9H2,1H3,(H,15,17). The highest BCUT2D eigenvalue weighted by Crippen LogP contribution is 2.32. The molecule has 0 aliphatic heterocycles. The van der Waals surface area contributed by atoms with E-state index in [0.29, 0.717) is 12.2 Å². The third-order valence-electron chi connectivity index (χ3n) is 3.04. The number of amides is 1. The van der Waals surface area contributed by atoms with Crippen LogP contribution in [0.25, 0.3) is 0 Å². The van der Waals surface area contributed by atoms with E-state index in [2.05, 4.69) is 5.32 Å². The van der Waals surface area contributed by atoms with E-state index in [0.717, 1.165) is 12.8 Å². The molecule has 1 aliphatic carbocycles. The monoisotopic (exact) mass is 316 g/mol. The Kier molecular flexibility index (Phi) is 4.67. The van der Waals surface area contributed by atoms with E-state index in [4.69, 9.17) is 11.6 Å². The summed E-state index contributed by atoms with van der Waals surface area (Å²) in [6.45, 7) is 1.72. The Morgan fingerprint density at radius 2 is 1.95 bits per heavy atom. The van der Waals surface area contributed by atoms with Crippen molar-refractivity contribution in [1.82, 2.24) is 4.31 Å². The largest absolute Gasteiger partial charge is 0.326 e. The molecule has 1 aliphatic rings. The molecule has 7 heteroatoms. The third-order valence-corrected chi connectivity index (χ3v) is 5.18. The molecule has 1 aromatic carbocycles. The van der Waals surface area contributed by atoms with Crippen molar-refractivity contribution in [3.8, 4) is 0 Å². The molecule has 0 radical (unpaired) electrons. The van der Waals surface area contributed by atoms with E-state index >= 15 is 0 Å². The Labute approximate surface area is 124 Å². The van der Waals surface area contributed by atoms with Gasteiger partial charge in [0.15, 0.2) is 0 Å². The minimum Gasteiger partial charge on any atom is -0.326 e. The number of sulfonamides is 1. The molecular weight excluding hydrogens is 300 g/mol. The Hall–Kier alpha value is -1.11. The van der Waals surface area contributed by atoms with Crippen molar-refractivity contribution < 1.29 is 13.2 Å². The van der Waals surface area contributed by atoms with Crippen LogP contribution in [0.5, 0.6) is 0 Å². The van der Waals surface area contributed by atoms with Crippen LogP contribution in [0.1, 0.15) is 19.8 Å². The molecule has 0 spiro atoms. The van der Waals surface area contributed by atoms with Gasteiger partial charge in [-0.1, -0.05) is 0 Å². The third kappa shape index (κ3) is 3.50. The van der Waals surface area contributed by atoms with Crippen LogP contribution in [0.15, 0.2) is 29.2 Å². The van der Waals surface area contributed by atoms with Crippen molar-refractivity contribution in [1.29, 1.82) is 0 Å². The van der Waals surface area contributed by atoms with E-state index in [9.17, 15) is 13.2 Å². The number of benzene rings is 1. The quantitative estimate of drug-likeness (QED) is 0.817. The SMILES string of the molecule is CC(=O)Nc1ccc(S(=O)(=O)N(CCCl)C2CC2)cc1. The van der Waals surface area contributed by atoms with Gasteiger partial charge in [0.2, 0.25) is 15.9 Å². The fraction of sp³-hybridized carbons (Fsp3) is 0.462. The van der Waals surface area contributed by atoms with Crippen LogP contribution in [-0.4, -0.2) is 37.1 Å². The number of nitrogens with zero attached hydrogens (tertiary/aromatic N) is 1. The highest BCUT2D eigenvalue weighted by atomic mass is 35.5. The number of rotatable bonds is 6. The fourth-order valence-corrected chi connectivity index (χ4v) is 3.96. The molecule has 1 amide bonds. The molecule has 0 aromatic heterocycles. The van der Waals surface area contributed by atoms with Gasteiger partial charge in [-0.15, -0.1) is 11.6 Å². The molecule has 0 saturated heterocycles. The van der Waals surface area contributed by atoms with Crippen LogP contribution in [-0.2, 0) is 14.8 Å². The molecule has 1 N–H and O–H groups in total. The molecule has 20 heavy (non-hydrogen) atoms. The molecule has 0 bridgehead atoms. The number of carbonyl (C=O) groups is 1. The average Bonchev–Trinajstić information content (AvgIpc) is 3.20. The highest BCUT2D eigenvalue weighted by Gasteiger charge is 2.37. The molecule has 0 heterocycles. The van der Waals surface area contributed by atoms with Gasteiger partial charge in [-0.05, 0) is 37.1 Å². The van der Waals surface area contributed by atoms with Crippen molar-refractivity contribution >= 4 is 33.2 Å². The summed E-state index contributed by atoms with van der Waals surface area (Å²) in [5.41, 5.74) is 0.576. The Balaban J connectivity index is 2.22. The molecular formula is C13H17ClN2O3S. The number of hydrogen-bond acceptors (Lipinski definition) is 3. The second-order valence-corrected chi connectivity index (χ2v) is 7.01. The summed E-state index contributed by atoms with van der Waals surface area (Å²) in [6, 6.07) is 6.25. The number of nitrogens with one attached hydrogen (secondary N) is 1. The summed E-state index contributed by atoms with van der Waals surface area (Å²) < 4.78 is 26.5. The van der Waals surface area contributed by atoms with Crippen molar-refractivity contribution in [2.24, 2.45) is 0 Å². The van der Waals surface area contributed by atoms with Crippen LogP contribution in [0.4, 0.5) is 5.69 Å². The summed E-state index contributed by atoms with van der Waals surface area (Å²) >= 11 is 5.69. The second-order valence-electron chi connectivity index (χ2n) is 4.74. The lowest BCUT2D eigenvalue weighted by atomic mass is 10.3. The molecule has 1 saturated carbocycles. The number of carbonyl (C=O) groups excluding carboxylic acids is 1. The number of anilines is 1. The predicted octanol–water partition coefficient (Wildman–Crippen LogP) is 2.04. The van der Waals surface area contributed by atoms with Gasteiger partial charge in [0, 0.05) is 31.1 Å². The van der Waals surface area contributed by atoms with Gasteiger partial charge in [-0.2, -0.15) is 4.31 Å². The first-order valence-corrected chi connectivity index (χ1v) is 8.38. The summed E-state index contributed by atoms with van der Waals surface area (Å²) in [5.74, 6) is 0.0852. The first-order valence-electron chi connectivity index (χ1n) is 6.40. The zero-order valence-electron chi connectivity index (χ0n) is 11.2. The van der Waals surface area contributed by atoms with Crippen molar-refractivity contribution in [3.05, 3.63) is 24.3 Å². The van der Waals surface area contributed by atoms with Gasteiger partial charge >= 0.3 is 0 Å². The Morgan fingerprint density at radius 3 is 2.40 bits per heavy atom. The first-order chi connectivity index (χ1) is 9.45. The maximum atomic E-state index is 12.5. The molecule has 1 fully saturated rings. The lowest BCUT2D eigenvalue weighted by Gasteiger charge is -2.20. The maximum Gasteiger partial charge on any atom is 0.243 e. The fourth-order valence-electron chi connectivity index (χ4n) is 1.99. The van der Waals surface area contributed by atoms with Gasteiger partial charge in [0.1, 0.15) is 0 Å². The minimum absolute atomic E-state index is 0.0776. The topological polar surface area (TPSA) is 66.5 Å². The van der Waals surface area contributed by atoms with Crippen LogP contribution in [0, 0.1) is 0 Å². The lowest BCUT2D eigenvalue weighted by molar-refractivity contribution is -0.114. The van der Waals surface area contributed by atoms with Crippen molar-refractivity contribution in [2.75, 3.05) is 17.7 Å². The molecule has 0 atom stereocenters. The molecule has 2 rings (SSSR count). The van der Waals surface area contributed by atoms with Gasteiger partial charge in [-0.3, -0.25) is 4.79 Å². The lowest BCUT2D eigenvalue weighted by Crippen LogP contribution is -2.34. The smallest absolute Gasteiger partial charge is 0.243 e. The average molecular weight is 317 g/mol. The normalized spacial score (nSPS) is 15.3. The molecule has 110 valence electrons. The van der Waals surface area contributed by atoms with Gasteiger partial charge in [0.05, 0.1) is 4.90 Å². The van der Waals surface area contributed by atoms with E-state index in [1.807, 2.05) is 0 Å². The molecule has 1 aromatic rings. The summed E-state index contributed by atoms with van der Waals surface area (Å²) in [6.07, 6.45) is 1.78. The zero-order chi connectivity index (χ0) is 14.8. The highest BCUT2D eigenvalue weighted by molar-refractivity contribution is 7.89. The zero-order valence-corrected chi connectivity index (χ0v) is 12.7. The van der Waals surface area contributed by atoms with Crippen LogP contribution in [0.2, 0.25) is 0 Å². The van der Waals surface area contributed by atoms with Crippen molar-refractivity contribution in [2.45, 2.75) is 30.7 Å². The van der Waals surface area contributed by atoms with E-state index in [1.54, 1.807) is 12.1 Å². The van der Waals surface area contributed by atoms with Gasteiger partial charge in [-0.25, -0.2) is 8.42 Å². The summed E-state index contributed by atoms with van der Waals surface area (Å²) in [7, 11) is -3.51.